The zero-order valence-electron chi connectivity index (χ0n) is 16.1. The second-order valence-electron chi connectivity index (χ2n) is 6.63. The molecule has 2 heterocycles. The van der Waals surface area contributed by atoms with Gasteiger partial charge < -0.3 is 10.6 Å². The number of aromatic nitrogens is 4. The molecule has 7 nitrogen and oxygen atoms in total. The predicted molar refractivity (Wildman–Crippen MR) is 113 cm³/mol. The van der Waals surface area contributed by atoms with Crippen LogP contribution in [0.3, 0.4) is 0 Å². The minimum absolute atomic E-state index is 0.134. The van der Waals surface area contributed by atoms with E-state index in [1.54, 1.807) is 12.3 Å². The number of aryl methyl sites for hydroxylation is 2. The van der Waals surface area contributed by atoms with Crippen molar-refractivity contribution in [3.8, 4) is 5.82 Å². The number of imidazole rings is 1. The van der Waals surface area contributed by atoms with Gasteiger partial charge in [0.15, 0.2) is 0 Å². The fraction of sp³-hybridized carbons (Fsp3) is 0.0909. The van der Waals surface area contributed by atoms with Crippen LogP contribution in [0.4, 0.5) is 17.2 Å². The molecule has 0 bridgehead atoms. The molecule has 7 heteroatoms. The Morgan fingerprint density at radius 1 is 0.931 bits per heavy atom. The Hall–Kier alpha value is -4.00. The number of benzene rings is 2. The lowest BCUT2D eigenvalue weighted by atomic mass is 10.1. The number of anilines is 3. The summed E-state index contributed by atoms with van der Waals surface area (Å²) in [5, 5.41) is 6.16. The summed E-state index contributed by atoms with van der Waals surface area (Å²) < 4.78 is 1.89. The summed E-state index contributed by atoms with van der Waals surface area (Å²) in [4.78, 5) is 25.1. The fourth-order valence-corrected chi connectivity index (χ4v) is 2.94. The molecule has 0 aliphatic heterocycles. The van der Waals surface area contributed by atoms with Crippen LogP contribution in [-0.4, -0.2) is 25.4 Å². The van der Waals surface area contributed by atoms with E-state index in [1.165, 1.54) is 6.33 Å². The van der Waals surface area contributed by atoms with E-state index in [0.29, 0.717) is 11.4 Å². The first-order valence-electron chi connectivity index (χ1n) is 9.16. The van der Waals surface area contributed by atoms with Crippen molar-refractivity contribution in [1.29, 1.82) is 0 Å². The second-order valence-corrected chi connectivity index (χ2v) is 6.63. The Morgan fingerprint density at radius 3 is 2.45 bits per heavy atom. The van der Waals surface area contributed by atoms with E-state index in [1.807, 2.05) is 73.1 Å². The van der Waals surface area contributed by atoms with Gasteiger partial charge in [0.1, 0.15) is 23.8 Å². The van der Waals surface area contributed by atoms with Crippen LogP contribution in [0, 0.1) is 13.8 Å². The number of hydrogen-bond donors (Lipinski definition) is 2. The first-order valence-corrected chi connectivity index (χ1v) is 9.16. The number of amides is 1. The molecule has 0 fully saturated rings. The highest BCUT2D eigenvalue weighted by atomic mass is 16.1. The summed E-state index contributed by atoms with van der Waals surface area (Å²) in [6.45, 7) is 3.88. The summed E-state index contributed by atoms with van der Waals surface area (Å²) >= 11 is 0. The van der Waals surface area contributed by atoms with Crippen LogP contribution in [0.2, 0.25) is 0 Å². The summed E-state index contributed by atoms with van der Waals surface area (Å²) in [7, 11) is 0. The Bertz CT molecular complexity index is 1150. The Labute approximate surface area is 168 Å². The molecule has 0 aliphatic carbocycles. The molecular weight excluding hydrogens is 364 g/mol. The molecule has 0 radical (unpaired) electrons. The summed E-state index contributed by atoms with van der Waals surface area (Å²) in [6, 6.07) is 16.8. The normalized spacial score (nSPS) is 10.6. The van der Waals surface area contributed by atoms with E-state index in [2.05, 4.69) is 25.6 Å². The second kappa shape index (κ2) is 7.93. The minimum Gasteiger partial charge on any atom is -0.340 e. The van der Waals surface area contributed by atoms with E-state index >= 15 is 0 Å². The van der Waals surface area contributed by atoms with Crippen LogP contribution in [0.5, 0.6) is 0 Å². The molecule has 144 valence electrons. The van der Waals surface area contributed by atoms with Gasteiger partial charge in [-0.2, -0.15) is 0 Å². The minimum atomic E-state index is -0.134. The van der Waals surface area contributed by atoms with Gasteiger partial charge in [0.25, 0.3) is 5.91 Å². The zero-order valence-corrected chi connectivity index (χ0v) is 16.1. The molecule has 0 saturated carbocycles. The van der Waals surface area contributed by atoms with Crippen LogP contribution in [0.25, 0.3) is 5.82 Å². The molecule has 2 aromatic carbocycles. The van der Waals surface area contributed by atoms with Gasteiger partial charge in [0.05, 0.1) is 0 Å². The van der Waals surface area contributed by atoms with Crippen molar-refractivity contribution in [2.24, 2.45) is 0 Å². The van der Waals surface area contributed by atoms with Gasteiger partial charge in [-0.3, -0.25) is 9.36 Å². The highest BCUT2D eigenvalue weighted by molar-refractivity contribution is 6.04. The third kappa shape index (κ3) is 4.30. The van der Waals surface area contributed by atoms with Crippen LogP contribution in [0.15, 0.2) is 73.3 Å². The number of rotatable bonds is 5. The van der Waals surface area contributed by atoms with Crippen LogP contribution < -0.4 is 10.6 Å². The van der Waals surface area contributed by atoms with Gasteiger partial charge in [0, 0.05) is 35.4 Å². The maximum absolute atomic E-state index is 12.4. The molecule has 2 aromatic heterocycles. The maximum Gasteiger partial charge on any atom is 0.255 e. The molecule has 0 aliphatic rings. The van der Waals surface area contributed by atoms with Crippen molar-refractivity contribution in [3.63, 3.8) is 0 Å². The molecule has 0 saturated heterocycles. The molecule has 1 amide bonds. The van der Waals surface area contributed by atoms with Gasteiger partial charge in [-0.25, -0.2) is 15.0 Å². The third-order valence-corrected chi connectivity index (χ3v) is 4.42. The van der Waals surface area contributed by atoms with Crippen molar-refractivity contribution in [2.45, 2.75) is 13.8 Å². The molecule has 4 rings (SSSR count). The largest absolute Gasteiger partial charge is 0.340 e. The average Bonchev–Trinajstić information content (AvgIpc) is 3.16. The number of carbonyl (C=O) groups is 1. The number of carbonyl (C=O) groups excluding carboxylic acids is 1. The molecule has 0 atom stereocenters. The van der Waals surface area contributed by atoms with E-state index in [-0.39, 0.29) is 5.91 Å². The first kappa shape index (κ1) is 18.4. The molecule has 0 unspecified atom stereocenters. The lowest BCUT2D eigenvalue weighted by Gasteiger charge is -2.10. The maximum atomic E-state index is 12.4. The van der Waals surface area contributed by atoms with Gasteiger partial charge in [-0.1, -0.05) is 17.7 Å². The predicted octanol–water partition coefficient (Wildman–Crippen LogP) is 4.28. The number of hydrogen-bond acceptors (Lipinski definition) is 5. The Kier molecular flexibility index (Phi) is 5.03. The van der Waals surface area contributed by atoms with Gasteiger partial charge >= 0.3 is 0 Å². The molecular formula is C22H20N6O. The van der Waals surface area contributed by atoms with E-state index < -0.39 is 0 Å². The van der Waals surface area contributed by atoms with Crippen LogP contribution in [-0.2, 0) is 0 Å². The lowest BCUT2D eigenvalue weighted by Crippen LogP contribution is -2.11. The summed E-state index contributed by atoms with van der Waals surface area (Å²) in [5.74, 6) is 2.12. The molecule has 2 N–H and O–H groups in total. The standard InChI is InChI=1S/C22H20N6O/c1-15-4-3-5-17(12-15)22(29)27-19-8-6-18(7-9-19)26-20-13-21(25-14-24-20)28-11-10-23-16(28)2/h3-14H,1-2H3,(H,27,29)(H,24,25,26). The highest BCUT2D eigenvalue weighted by Crippen LogP contribution is 2.19. The molecule has 29 heavy (non-hydrogen) atoms. The number of nitrogens with zero attached hydrogens (tertiary/aromatic N) is 4. The summed E-state index contributed by atoms with van der Waals surface area (Å²) in [5.41, 5.74) is 3.26. The topological polar surface area (TPSA) is 84.7 Å². The van der Waals surface area contributed by atoms with Crippen molar-refractivity contribution >= 4 is 23.1 Å². The molecule has 4 aromatic rings. The average molecular weight is 384 g/mol. The molecule has 0 spiro atoms. The Balaban J connectivity index is 1.45. The van der Waals surface area contributed by atoms with E-state index in [9.17, 15) is 4.79 Å². The monoisotopic (exact) mass is 384 g/mol. The highest BCUT2D eigenvalue weighted by Gasteiger charge is 2.07. The van der Waals surface area contributed by atoms with E-state index in [0.717, 1.165) is 28.6 Å². The van der Waals surface area contributed by atoms with Crippen LogP contribution in [0.1, 0.15) is 21.7 Å². The van der Waals surface area contributed by atoms with Crippen molar-refractivity contribution in [3.05, 3.63) is 90.3 Å². The van der Waals surface area contributed by atoms with Crippen molar-refractivity contribution in [2.75, 3.05) is 10.6 Å². The van der Waals surface area contributed by atoms with Crippen molar-refractivity contribution < 1.29 is 4.79 Å². The third-order valence-electron chi connectivity index (χ3n) is 4.42. The first-order chi connectivity index (χ1) is 14.1. The van der Waals surface area contributed by atoms with Crippen LogP contribution >= 0.6 is 0 Å². The summed E-state index contributed by atoms with van der Waals surface area (Å²) in [6.07, 6.45) is 5.09. The van der Waals surface area contributed by atoms with Gasteiger partial charge in [0.2, 0.25) is 0 Å². The van der Waals surface area contributed by atoms with Crippen molar-refractivity contribution in [1.82, 2.24) is 19.5 Å². The van der Waals surface area contributed by atoms with E-state index in [4.69, 9.17) is 0 Å². The zero-order chi connectivity index (χ0) is 20.2. The smallest absolute Gasteiger partial charge is 0.255 e. The lowest BCUT2D eigenvalue weighted by molar-refractivity contribution is 0.102. The SMILES string of the molecule is Cc1cccc(C(=O)Nc2ccc(Nc3cc(-n4ccnc4C)ncn3)cc2)c1. The van der Waals surface area contributed by atoms with Gasteiger partial charge in [-0.05, 0) is 50.2 Å². The quantitative estimate of drug-likeness (QED) is 0.537. The van der Waals surface area contributed by atoms with Gasteiger partial charge in [-0.15, -0.1) is 0 Å². The number of nitrogens with one attached hydrogen (secondary N) is 2. The fourth-order valence-electron chi connectivity index (χ4n) is 2.94. The Morgan fingerprint density at radius 2 is 1.72 bits per heavy atom.